The Morgan fingerprint density at radius 1 is 0.880 bits per heavy atom. The van der Waals surface area contributed by atoms with E-state index >= 15 is 0 Å². The highest BCUT2D eigenvalue weighted by molar-refractivity contribution is 8.00. The number of thioether (sulfide) groups is 1. The van der Waals surface area contributed by atoms with E-state index in [0.29, 0.717) is 5.69 Å². The largest absolute Gasteiger partial charge is 0.455 e. The predicted octanol–water partition coefficient (Wildman–Crippen LogP) is 4.11. The molecule has 25 heavy (non-hydrogen) atoms. The van der Waals surface area contributed by atoms with Crippen molar-refractivity contribution in [2.24, 2.45) is 0 Å². The normalized spacial score (nSPS) is 10.4. The number of ether oxygens (including phenoxy) is 1. The van der Waals surface area contributed by atoms with Crippen LogP contribution in [0.15, 0.2) is 77.7 Å². The van der Waals surface area contributed by atoms with Crippen LogP contribution < -0.4 is 5.32 Å². The van der Waals surface area contributed by atoms with Crippen molar-refractivity contribution in [1.29, 1.82) is 0 Å². The van der Waals surface area contributed by atoms with Gasteiger partial charge in [0.25, 0.3) is 5.91 Å². The summed E-state index contributed by atoms with van der Waals surface area (Å²) >= 11 is 1.39. The van der Waals surface area contributed by atoms with Gasteiger partial charge in [-0.2, -0.15) is 0 Å². The molecule has 126 valence electrons. The summed E-state index contributed by atoms with van der Waals surface area (Å²) in [6.45, 7) is -0.286. The quantitative estimate of drug-likeness (QED) is 0.536. The molecule has 0 radical (unpaired) electrons. The number of benzene rings is 3. The lowest BCUT2D eigenvalue weighted by atomic mass is 10.1. The summed E-state index contributed by atoms with van der Waals surface area (Å²) in [7, 11) is 0. The summed E-state index contributed by atoms with van der Waals surface area (Å²) in [4.78, 5) is 24.5. The average molecular weight is 351 g/mol. The number of carbonyl (C=O) groups is 2. The Balaban J connectivity index is 1.45. The highest BCUT2D eigenvalue weighted by Gasteiger charge is 2.09. The van der Waals surface area contributed by atoms with Gasteiger partial charge in [0.15, 0.2) is 6.61 Å². The highest BCUT2D eigenvalue weighted by Crippen LogP contribution is 2.23. The number of esters is 1. The molecule has 3 rings (SSSR count). The fourth-order valence-corrected chi connectivity index (χ4v) is 3.05. The summed E-state index contributed by atoms with van der Waals surface area (Å²) < 4.78 is 5.01. The van der Waals surface area contributed by atoms with Crippen molar-refractivity contribution in [3.05, 3.63) is 72.8 Å². The van der Waals surface area contributed by atoms with E-state index in [9.17, 15) is 9.59 Å². The zero-order valence-corrected chi connectivity index (χ0v) is 14.3. The number of hydrogen-bond acceptors (Lipinski definition) is 4. The van der Waals surface area contributed by atoms with E-state index in [0.717, 1.165) is 15.7 Å². The minimum Gasteiger partial charge on any atom is -0.455 e. The summed E-state index contributed by atoms with van der Waals surface area (Å²) in [6.07, 6.45) is 0. The molecular formula is C20H17NO3S. The molecule has 0 bridgehead atoms. The zero-order valence-electron chi connectivity index (χ0n) is 13.5. The molecule has 1 amide bonds. The van der Waals surface area contributed by atoms with Crippen LogP contribution in [0.1, 0.15) is 0 Å². The van der Waals surface area contributed by atoms with E-state index in [1.807, 2.05) is 60.7 Å². The first-order chi connectivity index (χ1) is 12.2. The smallest absolute Gasteiger partial charge is 0.316 e. The molecule has 0 spiro atoms. The third kappa shape index (κ3) is 5.09. The van der Waals surface area contributed by atoms with Crippen LogP contribution in [0.2, 0.25) is 0 Å². The van der Waals surface area contributed by atoms with Gasteiger partial charge in [0, 0.05) is 10.6 Å². The van der Waals surface area contributed by atoms with Crippen LogP contribution in [-0.4, -0.2) is 24.2 Å². The molecule has 0 unspecified atom stereocenters. The minimum absolute atomic E-state index is 0.164. The van der Waals surface area contributed by atoms with E-state index in [4.69, 9.17) is 4.74 Å². The van der Waals surface area contributed by atoms with Crippen molar-refractivity contribution < 1.29 is 14.3 Å². The van der Waals surface area contributed by atoms with Crippen molar-refractivity contribution in [1.82, 2.24) is 0 Å². The molecule has 3 aromatic rings. The lowest BCUT2D eigenvalue weighted by Crippen LogP contribution is -2.21. The Morgan fingerprint density at radius 3 is 2.40 bits per heavy atom. The van der Waals surface area contributed by atoms with Crippen LogP contribution in [0, 0.1) is 0 Å². The van der Waals surface area contributed by atoms with Gasteiger partial charge < -0.3 is 10.1 Å². The number of fused-ring (bicyclic) bond motifs is 1. The monoisotopic (exact) mass is 351 g/mol. The first-order valence-corrected chi connectivity index (χ1v) is 8.81. The molecule has 0 aliphatic carbocycles. The maximum Gasteiger partial charge on any atom is 0.316 e. The second-order valence-corrected chi connectivity index (χ2v) is 6.42. The first-order valence-electron chi connectivity index (χ1n) is 7.83. The number of carbonyl (C=O) groups excluding carboxylic acids is 2. The Hall–Kier alpha value is -2.79. The molecule has 0 saturated carbocycles. The lowest BCUT2D eigenvalue weighted by Gasteiger charge is -2.07. The molecule has 4 nitrogen and oxygen atoms in total. The Labute approximate surface area is 150 Å². The van der Waals surface area contributed by atoms with Gasteiger partial charge >= 0.3 is 5.97 Å². The predicted molar refractivity (Wildman–Crippen MR) is 101 cm³/mol. The molecule has 0 aliphatic rings. The van der Waals surface area contributed by atoms with Gasteiger partial charge in [-0.1, -0.05) is 48.5 Å². The first kappa shape index (κ1) is 17.0. The van der Waals surface area contributed by atoms with Crippen LogP contribution in [0.25, 0.3) is 10.8 Å². The highest BCUT2D eigenvalue weighted by atomic mass is 32.2. The molecule has 5 heteroatoms. The third-order valence-electron chi connectivity index (χ3n) is 3.50. The molecule has 1 N–H and O–H groups in total. The molecule has 3 aromatic carbocycles. The number of anilines is 1. The van der Waals surface area contributed by atoms with Crippen LogP contribution in [0.3, 0.4) is 0 Å². The SMILES string of the molecule is O=C(COC(=O)CSc1ccc2ccccc2c1)Nc1ccccc1. The van der Waals surface area contributed by atoms with Gasteiger partial charge in [0.2, 0.25) is 0 Å². The molecule has 0 fully saturated rings. The minimum atomic E-state index is -0.415. The standard InChI is InChI=1S/C20H17NO3S/c22-19(21-17-8-2-1-3-9-17)13-24-20(23)14-25-18-11-10-15-6-4-5-7-16(15)12-18/h1-12H,13-14H2,(H,21,22). The van der Waals surface area contributed by atoms with Gasteiger partial charge in [-0.15, -0.1) is 11.8 Å². The van der Waals surface area contributed by atoms with Crippen LogP contribution in [0.5, 0.6) is 0 Å². The molecular weight excluding hydrogens is 334 g/mol. The Morgan fingerprint density at radius 2 is 1.60 bits per heavy atom. The zero-order chi connectivity index (χ0) is 17.5. The van der Waals surface area contributed by atoms with Gasteiger partial charge in [-0.3, -0.25) is 9.59 Å². The van der Waals surface area contributed by atoms with Crippen molar-refractivity contribution in [2.45, 2.75) is 4.90 Å². The van der Waals surface area contributed by atoms with Crippen LogP contribution in [-0.2, 0) is 14.3 Å². The van der Waals surface area contributed by atoms with Crippen molar-refractivity contribution in [3.63, 3.8) is 0 Å². The number of nitrogens with one attached hydrogen (secondary N) is 1. The molecule has 0 heterocycles. The van der Waals surface area contributed by atoms with Gasteiger partial charge in [0.1, 0.15) is 0 Å². The third-order valence-corrected chi connectivity index (χ3v) is 4.47. The summed E-state index contributed by atoms with van der Waals surface area (Å²) in [5.41, 5.74) is 0.675. The van der Waals surface area contributed by atoms with E-state index < -0.39 is 5.97 Å². The second-order valence-electron chi connectivity index (χ2n) is 5.37. The average Bonchev–Trinajstić information content (AvgIpc) is 2.65. The molecule has 0 aromatic heterocycles. The summed E-state index contributed by atoms with van der Waals surface area (Å²) in [6, 6.07) is 23.1. The Kier molecular flexibility index (Phi) is 5.69. The molecule has 0 aliphatic heterocycles. The van der Waals surface area contributed by atoms with E-state index in [1.54, 1.807) is 12.1 Å². The Bertz CT molecular complexity index is 880. The van der Waals surface area contributed by atoms with Crippen LogP contribution >= 0.6 is 11.8 Å². The fourth-order valence-electron chi connectivity index (χ4n) is 2.31. The molecule has 0 atom stereocenters. The van der Waals surface area contributed by atoms with Crippen molar-refractivity contribution in [2.75, 3.05) is 17.7 Å². The van der Waals surface area contributed by atoms with E-state index in [1.165, 1.54) is 11.8 Å². The maximum absolute atomic E-state index is 11.8. The van der Waals surface area contributed by atoms with Gasteiger partial charge in [-0.05, 0) is 35.0 Å². The number of para-hydroxylation sites is 1. The van der Waals surface area contributed by atoms with Gasteiger partial charge in [0.05, 0.1) is 5.75 Å². The van der Waals surface area contributed by atoms with E-state index in [2.05, 4.69) is 5.32 Å². The van der Waals surface area contributed by atoms with Crippen molar-refractivity contribution >= 4 is 40.1 Å². The lowest BCUT2D eigenvalue weighted by molar-refractivity contribution is -0.144. The fraction of sp³-hybridized carbons (Fsp3) is 0.100. The van der Waals surface area contributed by atoms with Crippen molar-refractivity contribution in [3.8, 4) is 0 Å². The summed E-state index contributed by atoms with van der Waals surface area (Å²) in [5.74, 6) is -0.603. The van der Waals surface area contributed by atoms with E-state index in [-0.39, 0.29) is 18.3 Å². The molecule has 0 saturated heterocycles. The number of rotatable bonds is 6. The van der Waals surface area contributed by atoms with Gasteiger partial charge in [-0.25, -0.2) is 0 Å². The number of hydrogen-bond donors (Lipinski definition) is 1. The number of amides is 1. The topological polar surface area (TPSA) is 55.4 Å². The van der Waals surface area contributed by atoms with Crippen LogP contribution in [0.4, 0.5) is 5.69 Å². The summed E-state index contributed by atoms with van der Waals surface area (Å²) in [5, 5.41) is 4.96. The maximum atomic E-state index is 11.8. The second kappa shape index (κ2) is 8.35.